The summed E-state index contributed by atoms with van der Waals surface area (Å²) in [6.45, 7) is 1.97. The zero-order chi connectivity index (χ0) is 13.9. The molecule has 0 bridgehead atoms. The minimum absolute atomic E-state index is 0.662. The summed E-state index contributed by atoms with van der Waals surface area (Å²) in [5.41, 5.74) is 4.95. The molecule has 1 aliphatic rings. The van der Waals surface area contributed by atoms with E-state index in [0.29, 0.717) is 5.92 Å². The summed E-state index contributed by atoms with van der Waals surface area (Å²) < 4.78 is 0. The molecule has 0 heterocycles. The maximum atomic E-state index is 8.93. The molecule has 0 amide bonds. The third kappa shape index (κ3) is 2.59. The Labute approximate surface area is 120 Å². The van der Waals surface area contributed by atoms with Gasteiger partial charge in [0.05, 0.1) is 11.6 Å². The zero-order valence-electron chi connectivity index (χ0n) is 11.7. The van der Waals surface area contributed by atoms with Gasteiger partial charge in [0.2, 0.25) is 0 Å². The van der Waals surface area contributed by atoms with Gasteiger partial charge in [-0.1, -0.05) is 36.4 Å². The summed E-state index contributed by atoms with van der Waals surface area (Å²) in [5.74, 6) is 0.662. The fourth-order valence-corrected chi connectivity index (χ4v) is 3.02. The van der Waals surface area contributed by atoms with Crippen LogP contribution in [0.25, 0.3) is 0 Å². The third-order valence-corrected chi connectivity index (χ3v) is 4.00. The zero-order valence-corrected chi connectivity index (χ0v) is 11.7. The number of benzene rings is 2. The Balaban J connectivity index is 1.61. The number of fused-ring (bicyclic) bond motifs is 1. The molecule has 100 valence electrons. The first-order chi connectivity index (χ1) is 9.76. The topological polar surface area (TPSA) is 27.0 Å². The van der Waals surface area contributed by atoms with Gasteiger partial charge in [0.15, 0.2) is 0 Å². The van der Waals surface area contributed by atoms with Gasteiger partial charge in [-0.15, -0.1) is 0 Å². The summed E-state index contributed by atoms with van der Waals surface area (Å²) in [5, 5.41) is 8.93. The predicted molar refractivity (Wildman–Crippen MR) is 80.4 cm³/mol. The van der Waals surface area contributed by atoms with Gasteiger partial charge in [-0.05, 0) is 42.3 Å². The lowest BCUT2D eigenvalue weighted by Crippen LogP contribution is -2.30. The Morgan fingerprint density at radius 3 is 2.85 bits per heavy atom. The van der Waals surface area contributed by atoms with Crippen LogP contribution in [0.15, 0.2) is 48.5 Å². The quantitative estimate of drug-likeness (QED) is 0.845. The van der Waals surface area contributed by atoms with Crippen molar-refractivity contribution < 1.29 is 0 Å². The van der Waals surface area contributed by atoms with E-state index in [0.717, 1.165) is 18.7 Å². The molecular weight excluding hydrogens is 244 g/mol. The van der Waals surface area contributed by atoms with E-state index >= 15 is 0 Å². The number of nitrogens with zero attached hydrogens (tertiary/aromatic N) is 2. The molecule has 1 atom stereocenters. The van der Waals surface area contributed by atoms with Crippen molar-refractivity contribution in [3.05, 3.63) is 70.8 Å². The van der Waals surface area contributed by atoms with E-state index in [9.17, 15) is 0 Å². The summed E-state index contributed by atoms with van der Waals surface area (Å²) in [6, 6.07) is 18.8. The van der Waals surface area contributed by atoms with Crippen molar-refractivity contribution in [2.45, 2.75) is 18.9 Å². The maximum absolute atomic E-state index is 8.93. The minimum atomic E-state index is 0.662. The van der Waals surface area contributed by atoms with E-state index in [1.165, 1.54) is 23.1 Å². The molecule has 2 heteroatoms. The lowest BCUT2D eigenvalue weighted by atomic mass is 9.77. The number of rotatable bonds is 4. The second kappa shape index (κ2) is 5.48. The Hall–Kier alpha value is -2.11. The van der Waals surface area contributed by atoms with Gasteiger partial charge in [-0.25, -0.2) is 0 Å². The molecule has 2 nitrogen and oxygen atoms in total. The number of nitriles is 1. The third-order valence-electron chi connectivity index (χ3n) is 4.00. The Morgan fingerprint density at radius 1 is 1.20 bits per heavy atom. The SMILES string of the molecule is CN(Cc1cccc(C#N)c1)CC1Cc2ccccc21. The van der Waals surface area contributed by atoms with Crippen LogP contribution < -0.4 is 0 Å². The molecule has 2 aromatic rings. The van der Waals surface area contributed by atoms with Crippen LogP contribution >= 0.6 is 0 Å². The molecule has 0 aromatic heterocycles. The molecule has 0 aliphatic heterocycles. The van der Waals surface area contributed by atoms with Crippen molar-refractivity contribution >= 4 is 0 Å². The van der Waals surface area contributed by atoms with Gasteiger partial charge in [0.1, 0.15) is 0 Å². The second-order valence-corrected chi connectivity index (χ2v) is 5.61. The summed E-state index contributed by atoms with van der Waals surface area (Å²) in [4.78, 5) is 2.34. The van der Waals surface area contributed by atoms with Crippen LogP contribution in [0.4, 0.5) is 0 Å². The maximum Gasteiger partial charge on any atom is 0.0991 e. The lowest BCUT2D eigenvalue weighted by molar-refractivity contribution is 0.291. The molecular formula is C18H18N2. The highest BCUT2D eigenvalue weighted by Crippen LogP contribution is 2.35. The standard InChI is InChI=1S/C18H18N2/c1-20(12-15-6-4-5-14(9-15)11-19)13-17-10-16-7-2-3-8-18(16)17/h2-9,17H,10,12-13H2,1H3. The largest absolute Gasteiger partial charge is 0.301 e. The number of likely N-dealkylation sites (N-methyl/N-ethyl adjacent to an activating group) is 1. The van der Waals surface area contributed by atoms with Crippen molar-refractivity contribution in [2.75, 3.05) is 13.6 Å². The highest BCUT2D eigenvalue weighted by Gasteiger charge is 2.26. The monoisotopic (exact) mass is 262 g/mol. The summed E-state index contributed by atoms with van der Waals surface area (Å²) in [6.07, 6.45) is 1.19. The van der Waals surface area contributed by atoms with Crippen molar-refractivity contribution in [2.24, 2.45) is 0 Å². The van der Waals surface area contributed by atoms with Crippen molar-refractivity contribution in [3.8, 4) is 6.07 Å². The van der Waals surface area contributed by atoms with E-state index < -0.39 is 0 Å². The Morgan fingerprint density at radius 2 is 2.05 bits per heavy atom. The number of hydrogen-bond donors (Lipinski definition) is 0. The van der Waals surface area contributed by atoms with E-state index in [1.807, 2.05) is 18.2 Å². The summed E-state index contributed by atoms with van der Waals surface area (Å²) >= 11 is 0. The molecule has 0 saturated carbocycles. The van der Waals surface area contributed by atoms with Crippen LogP contribution in [-0.4, -0.2) is 18.5 Å². The van der Waals surface area contributed by atoms with E-state index in [-0.39, 0.29) is 0 Å². The van der Waals surface area contributed by atoms with Crippen molar-refractivity contribution in [1.29, 1.82) is 5.26 Å². The molecule has 0 spiro atoms. The average Bonchev–Trinajstić information content (AvgIpc) is 2.45. The van der Waals surface area contributed by atoms with E-state index in [4.69, 9.17) is 5.26 Å². The average molecular weight is 262 g/mol. The second-order valence-electron chi connectivity index (χ2n) is 5.61. The number of hydrogen-bond acceptors (Lipinski definition) is 2. The molecule has 0 N–H and O–H groups in total. The lowest BCUT2D eigenvalue weighted by Gasteiger charge is -2.33. The van der Waals surface area contributed by atoms with Crippen molar-refractivity contribution in [1.82, 2.24) is 4.90 Å². The van der Waals surface area contributed by atoms with E-state index in [2.05, 4.69) is 48.3 Å². The normalized spacial score (nSPS) is 16.4. The van der Waals surface area contributed by atoms with Gasteiger partial charge < -0.3 is 4.90 Å². The van der Waals surface area contributed by atoms with E-state index in [1.54, 1.807) is 0 Å². The first kappa shape index (κ1) is 12.9. The molecule has 0 fully saturated rings. The van der Waals surface area contributed by atoms with Crippen LogP contribution in [0.1, 0.15) is 28.2 Å². The van der Waals surface area contributed by atoms with Crippen molar-refractivity contribution in [3.63, 3.8) is 0 Å². The Bertz CT molecular complexity index is 654. The minimum Gasteiger partial charge on any atom is -0.301 e. The molecule has 2 aromatic carbocycles. The predicted octanol–water partition coefficient (Wildman–Crippen LogP) is 3.33. The molecule has 1 aliphatic carbocycles. The molecule has 20 heavy (non-hydrogen) atoms. The first-order valence-electron chi connectivity index (χ1n) is 7.01. The van der Waals surface area contributed by atoms with Gasteiger partial charge >= 0.3 is 0 Å². The molecule has 0 saturated heterocycles. The van der Waals surface area contributed by atoms with Crippen LogP contribution in [0, 0.1) is 11.3 Å². The fraction of sp³-hybridized carbons (Fsp3) is 0.278. The Kier molecular flexibility index (Phi) is 3.54. The van der Waals surface area contributed by atoms with Gasteiger partial charge in [-0.2, -0.15) is 5.26 Å². The first-order valence-corrected chi connectivity index (χ1v) is 7.01. The van der Waals surface area contributed by atoms with Gasteiger partial charge in [0.25, 0.3) is 0 Å². The molecule has 0 radical (unpaired) electrons. The van der Waals surface area contributed by atoms with Crippen LogP contribution in [0.3, 0.4) is 0 Å². The van der Waals surface area contributed by atoms with Crippen LogP contribution in [0.2, 0.25) is 0 Å². The van der Waals surface area contributed by atoms with Crippen LogP contribution in [0.5, 0.6) is 0 Å². The fourth-order valence-electron chi connectivity index (χ4n) is 3.02. The van der Waals surface area contributed by atoms with Gasteiger partial charge in [0, 0.05) is 19.0 Å². The highest BCUT2D eigenvalue weighted by atomic mass is 15.1. The highest BCUT2D eigenvalue weighted by molar-refractivity contribution is 5.40. The molecule has 1 unspecified atom stereocenters. The van der Waals surface area contributed by atoms with Crippen LogP contribution in [-0.2, 0) is 13.0 Å². The molecule has 3 rings (SSSR count). The smallest absolute Gasteiger partial charge is 0.0991 e. The van der Waals surface area contributed by atoms with Gasteiger partial charge in [-0.3, -0.25) is 0 Å². The summed E-state index contributed by atoms with van der Waals surface area (Å²) in [7, 11) is 2.15.